The third kappa shape index (κ3) is 4.57. The first-order chi connectivity index (χ1) is 15.2. The monoisotopic (exact) mass is 410 g/mol. The molecule has 31 heavy (non-hydrogen) atoms. The van der Waals surface area contributed by atoms with Gasteiger partial charge in [-0.15, -0.1) is 0 Å². The first-order valence-electron chi connectivity index (χ1n) is 9.86. The maximum atomic E-state index is 13.6. The molecule has 4 aromatic rings. The second kappa shape index (κ2) is 9.14. The highest BCUT2D eigenvalue weighted by atomic mass is 19.1. The summed E-state index contributed by atoms with van der Waals surface area (Å²) in [6.07, 6.45) is 3.61. The summed E-state index contributed by atoms with van der Waals surface area (Å²) in [4.78, 5) is 24.0. The number of carbonyl (C=O) groups is 1. The Kier molecular flexibility index (Phi) is 5.95. The molecule has 0 aliphatic carbocycles. The molecule has 0 aliphatic rings. The molecule has 152 valence electrons. The van der Waals surface area contributed by atoms with Crippen LogP contribution in [0.3, 0.4) is 0 Å². The molecule has 2 heterocycles. The standard InChI is InChI=1S/C25H19FN4O/c26-20-10-8-19(9-11-20)24-15-22(21-6-1-2-7-23(21)29-24)25(31)30(14-4-12-27)17-18-5-3-13-28-16-18/h1-3,5-11,13,15-16H,4,14,17H2. The van der Waals surface area contributed by atoms with Crippen LogP contribution in [0.1, 0.15) is 22.3 Å². The van der Waals surface area contributed by atoms with Crippen molar-refractivity contribution in [3.8, 4) is 17.3 Å². The third-order valence-corrected chi connectivity index (χ3v) is 4.96. The van der Waals surface area contributed by atoms with Crippen LogP contribution in [-0.4, -0.2) is 27.3 Å². The Balaban J connectivity index is 1.79. The summed E-state index contributed by atoms with van der Waals surface area (Å²) >= 11 is 0. The van der Waals surface area contributed by atoms with E-state index in [9.17, 15) is 9.18 Å². The van der Waals surface area contributed by atoms with Gasteiger partial charge in [-0.1, -0.05) is 24.3 Å². The molecule has 2 aromatic heterocycles. The summed E-state index contributed by atoms with van der Waals surface area (Å²) in [6, 6.07) is 21.0. The van der Waals surface area contributed by atoms with E-state index in [1.807, 2.05) is 36.4 Å². The molecular formula is C25H19FN4O. The molecule has 0 aliphatic heterocycles. The number of carbonyl (C=O) groups excluding carboxylic acids is 1. The van der Waals surface area contributed by atoms with E-state index in [4.69, 9.17) is 5.26 Å². The van der Waals surface area contributed by atoms with E-state index in [1.165, 1.54) is 12.1 Å². The lowest BCUT2D eigenvalue weighted by Crippen LogP contribution is -2.31. The second-order valence-electron chi connectivity index (χ2n) is 7.08. The number of nitrogens with zero attached hydrogens (tertiary/aromatic N) is 4. The number of rotatable bonds is 6. The maximum absolute atomic E-state index is 13.6. The minimum absolute atomic E-state index is 0.193. The van der Waals surface area contributed by atoms with Crippen molar-refractivity contribution < 1.29 is 9.18 Å². The second-order valence-corrected chi connectivity index (χ2v) is 7.08. The van der Waals surface area contributed by atoms with Gasteiger partial charge in [-0.25, -0.2) is 9.37 Å². The number of amides is 1. The van der Waals surface area contributed by atoms with Crippen molar-refractivity contribution in [1.82, 2.24) is 14.9 Å². The normalized spacial score (nSPS) is 10.6. The van der Waals surface area contributed by atoms with E-state index in [-0.39, 0.29) is 18.1 Å². The Bertz CT molecular complexity index is 1250. The Morgan fingerprint density at radius 1 is 1.06 bits per heavy atom. The van der Waals surface area contributed by atoms with Gasteiger partial charge >= 0.3 is 0 Å². The predicted octanol–water partition coefficient (Wildman–Crippen LogP) is 4.99. The van der Waals surface area contributed by atoms with Gasteiger partial charge in [-0.2, -0.15) is 5.26 Å². The molecule has 0 unspecified atom stereocenters. The van der Waals surface area contributed by atoms with Gasteiger partial charge in [-0.05, 0) is 48.0 Å². The molecule has 5 nitrogen and oxygen atoms in total. The van der Waals surface area contributed by atoms with Crippen molar-refractivity contribution >= 4 is 16.8 Å². The number of fused-ring (bicyclic) bond motifs is 1. The van der Waals surface area contributed by atoms with Crippen LogP contribution in [0, 0.1) is 17.1 Å². The van der Waals surface area contributed by atoms with Gasteiger partial charge in [0.1, 0.15) is 5.82 Å². The zero-order valence-corrected chi connectivity index (χ0v) is 16.7. The Labute approximate surface area is 179 Å². The molecule has 0 atom stereocenters. The molecule has 0 saturated heterocycles. The van der Waals surface area contributed by atoms with E-state index in [1.54, 1.807) is 35.5 Å². The fourth-order valence-corrected chi connectivity index (χ4v) is 3.44. The Morgan fingerprint density at radius 3 is 2.61 bits per heavy atom. The molecule has 6 heteroatoms. The van der Waals surface area contributed by atoms with Crippen LogP contribution >= 0.6 is 0 Å². The highest BCUT2D eigenvalue weighted by Crippen LogP contribution is 2.26. The molecule has 0 fully saturated rings. The topological polar surface area (TPSA) is 69.9 Å². The summed E-state index contributed by atoms with van der Waals surface area (Å²) < 4.78 is 13.4. The van der Waals surface area contributed by atoms with Crippen LogP contribution < -0.4 is 0 Å². The summed E-state index contributed by atoms with van der Waals surface area (Å²) in [5, 5.41) is 9.81. The van der Waals surface area contributed by atoms with Crippen molar-refractivity contribution in [3.05, 3.63) is 96.1 Å². The van der Waals surface area contributed by atoms with Crippen molar-refractivity contribution in [2.24, 2.45) is 0 Å². The molecule has 4 rings (SSSR count). The lowest BCUT2D eigenvalue weighted by molar-refractivity contribution is 0.0748. The molecule has 1 amide bonds. The van der Waals surface area contributed by atoms with Gasteiger partial charge in [0.15, 0.2) is 0 Å². The lowest BCUT2D eigenvalue weighted by Gasteiger charge is -2.23. The van der Waals surface area contributed by atoms with Crippen LogP contribution in [0.2, 0.25) is 0 Å². The van der Waals surface area contributed by atoms with Gasteiger partial charge in [0, 0.05) is 36.4 Å². The largest absolute Gasteiger partial charge is 0.333 e. The summed E-state index contributed by atoms with van der Waals surface area (Å²) in [6.45, 7) is 0.643. The quantitative estimate of drug-likeness (QED) is 0.449. The molecule has 0 bridgehead atoms. The van der Waals surface area contributed by atoms with E-state index in [2.05, 4.69) is 16.0 Å². The molecule has 2 aromatic carbocycles. The maximum Gasteiger partial charge on any atom is 0.254 e. The average molecular weight is 410 g/mol. The third-order valence-electron chi connectivity index (χ3n) is 4.96. The van der Waals surface area contributed by atoms with Gasteiger partial charge in [0.05, 0.1) is 29.3 Å². The van der Waals surface area contributed by atoms with E-state index < -0.39 is 0 Å². The Hall–Kier alpha value is -4.11. The van der Waals surface area contributed by atoms with Crippen LogP contribution in [-0.2, 0) is 6.54 Å². The fourth-order valence-electron chi connectivity index (χ4n) is 3.44. The summed E-state index contributed by atoms with van der Waals surface area (Å²) in [5.41, 5.74) is 3.35. The number of hydrogen-bond acceptors (Lipinski definition) is 4. The minimum Gasteiger partial charge on any atom is -0.333 e. The number of para-hydroxylation sites is 1. The van der Waals surface area contributed by atoms with Crippen LogP contribution in [0.5, 0.6) is 0 Å². The predicted molar refractivity (Wildman–Crippen MR) is 116 cm³/mol. The van der Waals surface area contributed by atoms with Crippen LogP contribution in [0.25, 0.3) is 22.2 Å². The van der Waals surface area contributed by atoms with E-state index in [0.717, 1.165) is 16.5 Å². The SMILES string of the molecule is N#CCCN(Cc1cccnc1)C(=O)c1cc(-c2ccc(F)cc2)nc2ccccc12. The summed E-state index contributed by atoms with van der Waals surface area (Å²) in [5.74, 6) is -0.527. The zero-order valence-electron chi connectivity index (χ0n) is 16.7. The first kappa shape index (κ1) is 20.2. The fraction of sp³-hybridized carbons (Fsp3) is 0.120. The zero-order chi connectivity index (χ0) is 21.6. The Morgan fingerprint density at radius 2 is 1.87 bits per heavy atom. The van der Waals surface area contributed by atoms with E-state index in [0.29, 0.717) is 29.9 Å². The van der Waals surface area contributed by atoms with Gasteiger partial charge in [0.2, 0.25) is 0 Å². The van der Waals surface area contributed by atoms with Crippen molar-refractivity contribution in [2.45, 2.75) is 13.0 Å². The molecule has 0 saturated carbocycles. The minimum atomic E-state index is -0.333. The van der Waals surface area contributed by atoms with Gasteiger partial charge in [-0.3, -0.25) is 9.78 Å². The smallest absolute Gasteiger partial charge is 0.254 e. The number of pyridine rings is 2. The van der Waals surface area contributed by atoms with Crippen molar-refractivity contribution in [3.63, 3.8) is 0 Å². The number of benzene rings is 2. The highest BCUT2D eigenvalue weighted by molar-refractivity contribution is 6.07. The number of nitriles is 1. The van der Waals surface area contributed by atoms with Crippen LogP contribution in [0.15, 0.2) is 79.1 Å². The lowest BCUT2D eigenvalue weighted by atomic mass is 10.0. The molecular weight excluding hydrogens is 391 g/mol. The average Bonchev–Trinajstić information content (AvgIpc) is 2.81. The van der Waals surface area contributed by atoms with Crippen molar-refractivity contribution in [1.29, 1.82) is 5.26 Å². The molecule has 0 spiro atoms. The number of aromatic nitrogens is 2. The molecule has 0 radical (unpaired) electrons. The highest BCUT2D eigenvalue weighted by Gasteiger charge is 2.20. The van der Waals surface area contributed by atoms with E-state index >= 15 is 0 Å². The first-order valence-corrected chi connectivity index (χ1v) is 9.86. The van der Waals surface area contributed by atoms with Crippen molar-refractivity contribution in [2.75, 3.05) is 6.54 Å². The van der Waals surface area contributed by atoms with Crippen LogP contribution in [0.4, 0.5) is 4.39 Å². The molecule has 0 N–H and O–H groups in total. The van der Waals surface area contributed by atoms with Gasteiger partial charge < -0.3 is 4.90 Å². The number of halogens is 1. The number of hydrogen-bond donors (Lipinski definition) is 0. The summed E-state index contributed by atoms with van der Waals surface area (Å²) in [7, 11) is 0. The van der Waals surface area contributed by atoms with Gasteiger partial charge in [0.25, 0.3) is 5.91 Å².